The highest BCUT2D eigenvalue weighted by atomic mass is 14.8. The zero-order valence-corrected chi connectivity index (χ0v) is 34.3. The van der Waals surface area contributed by atoms with Gasteiger partial charge in [0.25, 0.3) is 0 Å². The van der Waals surface area contributed by atoms with Gasteiger partial charge in [-0.3, -0.25) is 0 Å². The lowest BCUT2D eigenvalue weighted by Crippen LogP contribution is -2.28. The van der Waals surface area contributed by atoms with E-state index >= 15 is 0 Å². The van der Waals surface area contributed by atoms with Crippen LogP contribution in [0.3, 0.4) is 0 Å². The molecule has 2 heterocycles. The van der Waals surface area contributed by atoms with Gasteiger partial charge in [-0.1, -0.05) is 200 Å². The molecule has 2 aromatic heterocycles. The van der Waals surface area contributed by atoms with Gasteiger partial charge < -0.3 is 0 Å². The smallest absolute Gasteiger partial charge is 0.0972 e. The van der Waals surface area contributed by atoms with E-state index in [0.717, 1.165) is 44.3 Å². The Bertz CT molecular complexity index is 3740. The minimum absolute atomic E-state index is 0.473. The molecule has 13 rings (SSSR count). The molecule has 2 nitrogen and oxygen atoms in total. The number of hydrogen-bond acceptors (Lipinski definition) is 2. The quantitative estimate of drug-likeness (QED) is 0.128. The highest BCUT2D eigenvalue weighted by Crippen LogP contribution is 2.58. The maximum Gasteiger partial charge on any atom is 0.0972 e. The van der Waals surface area contributed by atoms with E-state index in [4.69, 9.17) is 9.97 Å². The third-order valence-electron chi connectivity index (χ3n) is 13.5. The van der Waals surface area contributed by atoms with Crippen LogP contribution in [0.5, 0.6) is 0 Å². The van der Waals surface area contributed by atoms with Crippen molar-refractivity contribution in [3.05, 3.63) is 253 Å². The summed E-state index contributed by atoms with van der Waals surface area (Å²) in [7, 11) is 0. The molecule has 0 bridgehead atoms. The van der Waals surface area contributed by atoms with Crippen molar-refractivity contribution in [2.75, 3.05) is 0 Å². The highest BCUT2D eigenvalue weighted by Gasteiger charge is 2.47. The van der Waals surface area contributed by atoms with E-state index in [1.807, 2.05) is 6.07 Å². The van der Waals surface area contributed by atoms with Crippen molar-refractivity contribution in [2.24, 2.45) is 0 Å². The van der Waals surface area contributed by atoms with E-state index in [2.05, 4.69) is 224 Å². The Kier molecular flexibility index (Phi) is 7.85. The van der Waals surface area contributed by atoms with Crippen molar-refractivity contribution in [1.29, 1.82) is 0 Å². The monoisotopic (exact) mass is 798 g/mol. The maximum atomic E-state index is 5.43. The molecule has 0 aliphatic heterocycles. The summed E-state index contributed by atoms with van der Waals surface area (Å²) in [5, 5.41) is 9.43. The van der Waals surface area contributed by atoms with Crippen LogP contribution in [-0.2, 0) is 5.41 Å². The second kappa shape index (κ2) is 13.9. The van der Waals surface area contributed by atoms with E-state index in [-0.39, 0.29) is 0 Å². The molecule has 0 N–H and O–H groups in total. The Morgan fingerprint density at radius 1 is 0.286 bits per heavy atom. The van der Waals surface area contributed by atoms with Crippen LogP contribution in [0.4, 0.5) is 0 Å². The molecule has 0 atom stereocenters. The number of pyridine rings is 2. The Balaban J connectivity index is 1.01. The Morgan fingerprint density at radius 2 is 0.810 bits per heavy atom. The van der Waals surface area contributed by atoms with Crippen LogP contribution in [0.1, 0.15) is 22.3 Å². The number of hydrogen-bond donors (Lipinski definition) is 0. The van der Waals surface area contributed by atoms with E-state index in [1.54, 1.807) is 0 Å². The molecule has 0 unspecified atom stereocenters. The summed E-state index contributed by atoms with van der Waals surface area (Å²) < 4.78 is 0. The SMILES string of the molecule is c1ccc(-c2ccc3ccc4ccc(-c5ccc(-c6ccc7c8c(ccc7c6)-c6ccccc6C8(c6ccccc6)c6ccccc6)c6cc7ccccc7cc56)nc4c3n2)cc1. The normalized spacial score (nSPS) is 12.9. The Hall–Kier alpha value is -8.20. The number of rotatable bonds is 5. The Morgan fingerprint density at radius 3 is 1.51 bits per heavy atom. The molecule has 0 saturated heterocycles. The molecular formula is C61H38N2. The first-order valence-corrected chi connectivity index (χ1v) is 21.7. The van der Waals surface area contributed by atoms with Gasteiger partial charge in [0.1, 0.15) is 0 Å². The van der Waals surface area contributed by atoms with Gasteiger partial charge >= 0.3 is 0 Å². The summed E-state index contributed by atoms with van der Waals surface area (Å²) >= 11 is 0. The number of aromatic nitrogens is 2. The van der Waals surface area contributed by atoms with Crippen LogP contribution in [0.2, 0.25) is 0 Å². The molecular weight excluding hydrogens is 761 g/mol. The molecule has 0 radical (unpaired) electrons. The minimum atomic E-state index is -0.473. The summed E-state index contributed by atoms with van der Waals surface area (Å²) in [5.74, 6) is 0. The van der Waals surface area contributed by atoms with E-state index in [0.29, 0.717) is 0 Å². The van der Waals surface area contributed by atoms with Gasteiger partial charge in [0, 0.05) is 21.9 Å². The number of fused-ring (bicyclic) bond motifs is 10. The second-order valence-corrected chi connectivity index (χ2v) is 16.8. The second-order valence-electron chi connectivity index (χ2n) is 16.8. The van der Waals surface area contributed by atoms with E-state index in [9.17, 15) is 0 Å². The molecule has 292 valence electrons. The van der Waals surface area contributed by atoms with Gasteiger partial charge in [-0.2, -0.15) is 0 Å². The van der Waals surface area contributed by atoms with Crippen molar-refractivity contribution in [3.8, 4) is 44.8 Å². The predicted octanol–water partition coefficient (Wildman–Crippen LogP) is 15.6. The first-order chi connectivity index (χ1) is 31.2. The average Bonchev–Trinajstić information content (AvgIpc) is 3.67. The van der Waals surface area contributed by atoms with Crippen LogP contribution in [0, 0.1) is 0 Å². The standard InChI is InChI=1S/C61H38N2/c1-4-14-39(15-5-1)56-34-28-40-24-25-41-29-35-57(63-60(41)59(40)62-56)51-33-32-48(53-37-42-16-10-11-17-43(42)38-54(51)53)44-26-30-49-45(36-44)27-31-52-50-22-12-13-23-55(50)61(58(49)52,46-18-6-2-7-19-46)47-20-8-3-9-21-47/h1-38H. The van der Waals surface area contributed by atoms with Crippen LogP contribution >= 0.6 is 0 Å². The number of benzene rings is 10. The average molecular weight is 799 g/mol. The van der Waals surface area contributed by atoms with Gasteiger partial charge in [0.15, 0.2) is 0 Å². The summed E-state index contributed by atoms with van der Waals surface area (Å²) in [6.45, 7) is 0. The van der Waals surface area contributed by atoms with Crippen LogP contribution in [-0.4, -0.2) is 9.97 Å². The van der Waals surface area contributed by atoms with Gasteiger partial charge in [-0.05, 0) is 107 Å². The van der Waals surface area contributed by atoms with Crippen molar-refractivity contribution >= 4 is 54.1 Å². The first kappa shape index (κ1) is 35.5. The summed E-state index contributed by atoms with van der Waals surface area (Å²) in [6.07, 6.45) is 0. The van der Waals surface area contributed by atoms with Gasteiger partial charge in [0.05, 0.1) is 27.8 Å². The molecule has 2 heteroatoms. The lowest BCUT2D eigenvalue weighted by molar-refractivity contribution is 0.775. The zero-order chi connectivity index (χ0) is 41.5. The molecule has 0 spiro atoms. The molecule has 1 aliphatic carbocycles. The molecule has 12 aromatic rings. The molecule has 0 fully saturated rings. The fourth-order valence-corrected chi connectivity index (χ4v) is 10.6. The molecule has 10 aromatic carbocycles. The molecule has 0 saturated carbocycles. The van der Waals surface area contributed by atoms with Gasteiger partial charge in [-0.15, -0.1) is 0 Å². The topological polar surface area (TPSA) is 25.8 Å². The minimum Gasteiger partial charge on any atom is -0.245 e. The number of nitrogens with zero attached hydrogens (tertiary/aromatic N) is 2. The highest BCUT2D eigenvalue weighted by molar-refractivity contribution is 6.12. The fourth-order valence-electron chi connectivity index (χ4n) is 10.6. The third kappa shape index (κ3) is 5.38. The van der Waals surface area contributed by atoms with Crippen LogP contribution < -0.4 is 0 Å². The van der Waals surface area contributed by atoms with E-state index in [1.165, 1.54) is 76.8 Å². The third-order valence-corrected chi connectivity index (χ3v) is 13.5. The van der Waals surface area contributed by atoms with Crippen LogP contribution in [0.25, 0.3) is 98.9 Å². The van der Waals surface area contributed by atoms with Crippen molar-refractivity contribution < 1.29 is 0 Å². The first-order valence-electron chi connectivity index (χ1n) is 21.7. The van der Waals surface area contributed by atoms with E-state index < -0.39 is 5.41 Å². The summed E-state index contributed by atoms with van der Waals surface area (Å²) in [6, 6.07) is 84.2. The van der Waals surface area contributed by atoms with Gasteiger partial charge in [-0.25, -0.2) is 9.97 Å². The predicted molar refractivity (Wildman–Crippen MR) is 263 cm³/mol. The summed E-state index contributed by atoms with van der Waals surface area (Å²) in [5.41, 5.74) is 15.6. The molecule has 0 amide bonds. The Labute approximate surface area is 365 Å². The molecule has 1 aliphatic rings. The van der Waals surface area contributed by atoms with Crippen molar-refractivity contribution in [3.63, 3.8) is 0 Å². The lowest BCUT2D eigenvalue weighted by Gasteiger charge is -2.34. The lowest BCUT2D eigenvalue weighted by atomic mass is 9.66. The van der Waals surface area contributed by atoms with Crippen LogP contribution in [0.15, 0.2) is 231 Å². The summed E-state index contributed by atoms with van der Waals surface area (Å²) in [4.78, 5) is 10.6. The zero-order valence-electron chi connectivity index (χ0n) is 34.3. The molecule has 63 heavy (non-hydrogen) atoms. The maximum absolute atomic E-state index is 5.43. The largest absolute Gasteiger partial charge is 0.245 e. The van der Waals surface area contributed by atoms with Crippen molar-refractivity contribution in [2.45, 2.75) is 5.41 Å². The van der Waals surface area contributed by atoms with Gasteiger partial charge in [0.2, 0.25) is 0 Å². The van der Waals surface area contributed by atoms with Crippen molar-refractivity contribution in [1.82, 2.24) is 9.97 Å². The fraction of sp³-hybridized carbons (Fsp3) is 0.0164.